The maximum Gasteiger partial charge on any atom is 0.0667 e. The Morgan fingerprint density at radius 1 is 1.38 bits per heavy atom. The molecule has 3 heteroatoms. The molecule has 2 nitrogen and oxygen atoms in total. The molecule has 0 saturated carbocycles. The van der Waals surface area contributed by atoms with Gasteiger partial charge in [-0.15, -0.1) is 0 Å². The molecule has 0 heterocycles. The Hall–Kier alpha value is 0.270. The molecule has 0 bridgehead atoms. The van der Waals surface area contributed by atoms with Crippen LogP contribution in [0.4, 0.5) is 0 Å². The van der Waals surface area contributed by atoms with Crippen LogP contribution < -0.4 is 5.32 Å². The molecule has 0 radical (unpaired) electrons. The summed E-state index contributed by atoms with van der Waals surface area (Å²) < 4.78 is 5.16. The summed E-state index contributed by atoms with van der Waals surface area (Å²) in [5.41, 5.74) is 0. The molecule has 0 rings (SSSR count). The van der Waals surface area contributed by atoms with E-state index in [9.17, 15) is 0 Å². The normalized spacial score (nSPS) is 15.7. The number of hydrogen-bond donors (Lipinski definition) is 1. The second kappa shape index (κ2) is 8.85. The molecule has 0 aromatic heterocycles. The van der Waals surface area contributed by atoms with Crippen LogP contribution in [0.5, 0.6) is 0 Å². The highest BCUT2D eigenvalue weighted by Crippen LogP contribution is 2.03. The Morgan fingerprint density at radius 2 is 2.08 bits per heavy atom. The fourth-order valence-electron chi connectivity index (χ4n) is 0.957. The van der Waals surface area contributed by atoms with Crippen molar-refractivity contribution in [3.8, 4) is 0 Å². The van der Waals surface area contributed by atoms with E-state index in [1.807, 2.05) is 11.8 Å². The van der Waals surface area contributed by atoms with Crippen molar-refractivity contribution < 1.29 is 4.74 Å². The van der Waals surface area contributed by atoms with Crippen molar-refractivity contribution in [1.29, 1.82) is 0 Å². The van der Waals surface area contributed by atoms with Crippen molar-refractivity contribution in [2.75, 3.05) is 25.2 Å². The van der Waals surface area contributed by atoms with E-state index >= 15 is 0 Å². The van der Waals surface area contributed by atoms with Crippen LogP contribution in [0.25, 0.3) is 0 Å². The van der Waals surface area contributed by atoms with Gasteiger partial charge in [-0.05, 0) is 31.8 Å². The molecule has 0 aromatic carbocycles. The molecule has 0 saturated heterocycles. The third-order valence-corrected chi connectivity index (χ3v) is 2.99. The first kappa shape index (κ1) is 13.3. The molecule has 1 N–H and O–H groups in total. The van der Waals surface area contributed by atoms with Gasteiger partial charge in [0.2, 0.25) is 0 Å². The minimum absolute atomic E-state index is 0.321. The second-order valence-electron chi connectivity index (χ2n) is 3.34. The number of thioether (sulfide) groups is 1. The van der Waals surface area contributed by atoms with Gasteiger partial charge < -0.3 is 10.1 Å². The SMILES string of the molecule is CCSCCC(C)NCC(C)OC. The van der Waals surface area contributed by atoms with Crippen molar-refractivity contribution in [3.63, 3.8) is 0 Å². The Bertz CT molecular complexity index is 111. The Labute approximate surface area is 86.8 Å². The van der Waals surface area contributed by atoms with Crippen LogP contribution in [0.15, 0.2) is 0 Å². The standard InChI is InChI=1S/C10H23NOS/c1-5-13-7-6-9(2)11-8-10(3)12-4/h9-11H,5-8H2,1-4H3. The summed E-state index contributed by atoms with van der Waals surface area (Å²) in [6.45, 7) is 7.48. The monoisotopic (exact) mass is 205 g/mol. The van der Waals surface area contributed by atoms with Gasteiger partial charge in [0.25, 0.3) is 0 Å². The fourth-order valence-corrected chi connectivity index (χ4v) is 1.77. The van der Waals surface area contributed by atoms with Crippen molar-refractivity contribution in [2.24, 2.45) is 0 Å². The van der Waals surface area contributed by atoms with Gasteiger partial charge in [-0.1, -0.05) is 6.92 Å². The van der Waals surface area contributed by atoms with Crippen LogP contribution >= 0.6 is 11.8 Å². The summed E-state index contributed by atoms with van der Waals surface area (Å²) in [5, 5.41) is 3.45. The second-order valence-corrected chi connectivity index (χ2v) is 4.74. The first-order valence-electron chi connectivity index (χ1n) is 5.04. The van der Waals surface area contributed by atoms with Crippen molar-refractivity contribution >= 4 is 11.8 Å². The van der Waals surface area contributed by atoms with Crippen LogP contribution in [0.1, 0.15) is 27.2 Å². The first-order valence-corrected chi connectivity index (χ1v) is 6.20. The maximum absolute atomic E-state index is 5.16. The molecule has 13 heavy (non-hydrogen) atoms. The molecule has 0 aliphatic heterocycles. The van der Waals surface area contributed by atoms with Crippen molar-refractivity contribution in [3.05, 3.63) is 0 Å². The summed E-state index contributed by atoms with van der Waals surface area (Å²) in [7, 11) is 1.75. The van der Waals surface area contributed by atoms with E-state index in [0.717, 1.165) is 6.54 Å². The minimum Gasteiger partial charge on any atom is -0.380 e. The average molecular weight is 205 g/mol. The Kier molecular flexibility index (Phi) is 9.03. The van der Waals surface area contributed by atoms with E-state index in [-0.39, 0.29) is 0 Å². The van der Waals surface area contributed by atoms with E-state index < -0.39 is 0 Å². The van der Waals surface area contributed by atoms with Gasteiger partial charge in [-0.25, -0.2) is 0 Å². The number of nitrogens with one attached hydrogen (secondary N) is 1. The van der Waals surface area contributed by atoms with Gasteiger partial charge in [0.05, 0.1) is 6.10 Å². The number of rotatable bonds is 8. The van der Waals surface area contributed by atoms with E-state index in [0.29, 0.717) is 12.1 Å². The maximum atomic E-state index is 5.16. The van der Waals surface area contributed by atoms with Crippen molar-refractivity contribution in [2.45, 2.75) is 39.3 Å². The zero-order valence-electron chi connectivity index (χ0n) is 9.30. The third-order valence-electron chi connectivity index (χ3n) is 2.06. The zero-order chi connectivity index (χ0) is 10.1. The quantitative estimate of drug-likeness (QED) is 0.614. The lowest BCUT2D eigenvalue weighted by Crippen LogP contribution is -2.33. The van der Waals surface area contributed by atoms with Crippen LogP contribution in [-0.4, -0.2) is 37.3 Å². The van der Waals surface area contributed by atoms with Crippen molar-refractivity contribution in [1.82, 2.24) is 5.32 Å². The van der Waals surface area contributed by atoms with Gasteiger partial charge in [0.15, 0.2) is 0 Å². The number of ether oxygens (including phenoxy) is 1. The third kappa shape index (κ3) is 8.60. The molecule has 0 aliphatic carbocycles. The lowest BCUT2D eigenvalue weighted by molar-refractivity contribution is 0.114. The Morgan fingerprint density at radius 3 is 2.62 bits per heavy atom. The van der Waals surface area contributed by atoms with Gasteiger partial charge in [0, 0.05) is 19.7 Å². The highest BCUT2D eigenvalue weighted by molar-refractivity contribution is 7.99. The predicted octanol–water partition coefficient (Wildman–Crippen LogP) is 2.14. The molecule has 2 unspecified atom stereocenters. The molecular weight excluding hydrogens is 182 g/mol. The largest absolute Gasteiger partial charge is 0.380 e. The van der Waals surface area contributed by atoms with Crippen LogP contribution in [0, 0.1) is 0 Å². The first-order chi connectivity index (χ1) is 6.20. The van der Waals surface area contributed by atoms with E-state index in [4.69, 9.17) is 4.74 Å². The molecule has 2 atom stereocenters. The number of methoxy groups -OCH3 is 1. The summed E-state index contributed by atoms with van der Waals surface area (Å²) in [6.07, 6.45) is 1.57. The van der Waals surface area contributed by atoms with Gasteiger partial charge >= 0.3 is 0 Å². The van der Waals surface area contributed by atoms with Crippen LogP contribution in [-0.2, 0) is 4.74 Å². The van der Waals surface area contributed by atoms with E-state index in [1.165, 1.54) is 17.9 Å². The van der Waals surface area contributed by atoms with E-state index in [2.05, 4.69) is 26.1 Å². The lowest BCUT2D eigenvalue weighted by Gasteiger charge is -2.16. The smallest absolute Gasteiger partial charge is 0.0667 e. The van der Waals surface area contributed by atoms with Gasteiger partial charge in [-0.3, -0.25) is 0 Å². The molecule has 0 spiro atoms. The van der Waals surface area contributed by atoms with Gasteiger partial charge in [-0.2, -0.15) is 11.8 Å². The topological polar surface area (TPSA) is 21.3 Å². The molecule has 0 aromatic rings. The predicted molar refractivity (Wildman–Crippen MR) is 61.6 cm³/mol. The average Bonchev–Trinajstić information content (AvgIpc) is 2.14. The van der Waals surface area contributed by atoms with E-state index in [1.54, 1.807) is 7.11 Å². The summed E-state index contributed by atoms with van der Waals surface area (Å²) >= 11 is 2.01. The minimum atomic E-state index is 0.321. The van der Waals surface area contributed by atoms with Gasteiger partial charge in [0.1, 0.15) is 0 Å². The summed E-state index contributed by atoms with van der Waals surface area (Å²) in [4.78, 5) is 0. The Balaban J connectivity index is 3.24. The number of hydrogen-bond acceptors (Lipinski definition) is 3. The highest BCUT2D eigenvalue weighted by Gasteiger charge is 2.03. The summed E-state index contributed by atoms with van der Waals surface area (Å²) in [5.74, 6) is 2.48. The van der Waals surface area contributed by atoms with Crippen LogP contribution in [0.3, 0.4) is 0 Å². The fraction of sp³-hybridized carbons (Fsp3) is 1.00. The summed E-state index contributed by atoms with van der Waals surface area (Å²) in [6, 6.07) is 0.608. The molecule has 80 valence electrons. The molecule has 0 aliphatic rings. The van der Waals surface area contributed by atoms with Crippen LogP contribution in [0.2, 0.25) is 0 Å². The molecule has 0 fully saturated rings. The molecular formula is C10H23NOS. The lowest BCUT2D eigenvalue weighted by atomic mass is 10.2. The highest BCUT2D eigenvalue weighted by atomic mass is 32.2. The molecule has 0 amide bonds. The zero-order valence-corrected chi connectivity index (χ0v) is 10.1.